The zero-order valence-electron chi connectivity index (χ0n) is 10.4. The van der Waals surface area contributed by atoms with Crippen molar-refractivity contribution in [1.82, 2.24) is 5.32 Å². The highest BCUT2D eigenvalue weighted by Gasteiger charge is 2.31. The molecule has 0 heterocycles. The first kappa shape index (κ1) is 12.5. The van der Waals surface area contributed by atoms with E-state index in [1.54, 1.807) is 14.2 Å². The molecule has 0 aromatic heterocycles. The summed E-state index contributed by atoms with van der Waals surface area (Å²) in [6.45, 7) is 3.02. The van der Waals surface area contributed by atoms with Crippen LogP contribution < -0.4 is 14.8 Å². The smallest absolute Gasteiger partial charge is 0.179 e. The summed E-state index contributed by atoms with van der Waals surface area (Å²) in [7, 11) is 3.21. The second-order valence-corrected chi connectivity index (χ2v) is 4.85. The van der Waals surface area contributed by atoms with Crippen LogP contribution in [0.5, 0.6) is 11.5 Å². The SMILES string of the molecule is COc1ccc(CNC2CC2C)c(Cl)c1OC. The summed E-state index contributed by atoms with van der Waals surface area (Å²) in [5.41, 5.74) is 1.04. The van der Waals surface area contributed by atoms with E-state index >= 15 is 0 Å². The zero-order valence-corrected chi connectivity index (χ0v) is 11.2. The number of methoxy groups -OCH3 is 2. The molecular formula is C13H18ClNO2. The fourth-order valence-electron chi connectivity index (χ4n) is 1.91. The Morgan fingerprint density at radius 1 is 1.35 bits per heavy atom. The van der Waals surface area contributed by atoms with E-state index < -0.39 is 0 Å². The van der Waals surface area contributed by atoms with Crippen LogP contribution in [-0.2, 0) is 6.54 Å². The lowest BCUT2D eigenvalue weighted by Gasteiger charge is -2.13. The van der Waals surface area contributed by atoms with E-state index in [1.165, 1.54) is 6.42 Å². The van der Waals surface area contributed by atoms with E-state index in [2.05, 4.69) is 12.2 Å². The number of ether oxygens (including phenoxy) is 2. The van der Waals surface area contributed by atoms with Gasteiger partial charge in [-0.2, -0.15) is 0 Å². The highest BCUT2D eigenvalue weighted by atomic mass is 35.5. The van der Waals surface area contributed by atoms with Gasteiger partial charge in [0.05, 0.1) is 19.2 Å². The quantitative estimate of drug-likeness (QED) is 0.878. The first-order chi connectivity index (χ1) is 8.17. The number of hydrogen-bond acceptors (Lipinski definition) is 3. The van der Waals surface area contributed by atoms with Crippen molar-refractivity contribution in [3.8, 4) is 11.5 Å². The van der Waals surface area contributed by atoms with Crippen LogP contribution >= 0.6 is 11.6 Å². The second-order valence-electron chi connectivity index (χ2n) is 4.47. The molecular weight excluding hydrogens is 238 g/mol. The molecule has 1 fully saturated rings. The van der Waals surface area contributed by atoms with Crippen molar-refractivity contribution in [2.45, 2.75) is 25.9 Å². The summed E-state index contributed by atoms with van der Waals surface area (Å²) in [5.74, 6) is 2.06. The maximum Gasteiger partial charge on any atom is 0.179 e. The molecule has 2 atom stereocenters. The Balaban J connectivity index is 2.11. The minimum atomic E-state index is 0.609. The maximum absolute atomic E-state index is 6.29. The Bertz CT molecular complexity index is 409. The molecule has 2 rings (SSSR count). The molecule has 1 N–H and O–H groups in total. The molecule has 0 amide bonds. The zero-order chi connectivity index (χ0) is 12.4. The predicted octanol–water partition coefficient (Wildman–Crippen LogP) is 2.86. The molecule has 0 bridgehead atoms. The molecule has 1 aliphatic carbocycles. The van der Waals surface area contributed by atoms with Gasteiger partial charge >= 0.3 is 0 Å². The number of hydrogen-bond donors (Lipinski definition) is 1. The summed E-state index contributed by atoms with van der Waals surface area (Å²) in [6, 6.07) is 4.50. The third-order valence-corrected chi connectivity index (χ3v) is 3.64. The number of nitrogens with one attached hydrogen (secondary N) is 1. The molecule has 94 valence electrons. The summed E-state index contributed by atoms with van der Waals surface area (Å²) >= 11 is 6.29. The fraction of sp³-hybridized carbons (Fsp3) is 0.538. The molecule has 1 aromatic carbocycles. The van der Waals surface area contributed by atoms with Gasteiger partial charge in [-0.15, -0.1) is 0 Å². The molecule has 1 saturated carbocycles. The van der Waals surface area contributed by atoms with Crippen LogP contribution in [0.3, 0.4) is 0 Å². The Kier molecular flexibility index (Phi) is 3.79. The first-order valence-corrected chi connectivity index (χ1v) is 6.18. The predicted molar refractivity (Wildman–Crippen MR) is 69.0 cm³/mol. The van der Waals surface area contributed by atoms with Crippen molar-refractivity contribution >= 4 is 11.6 Å². The van der Waals surface area contributed by atoms with Gasteiger partial charge < -0.3 is 14.8 Å². The van der Waals surface area contributed by atoms with Crippen LogP contribution in [0.15, 0.2) is 12.1 Å². The third-order valence-electron chi connectivity index (χ3n) is 3.23. The van der Waals surface area contributed by atoms with Crippen molar-refractivity contribution in [2.75, 3.05) is 14.2 Å². The van der Waals surface area contributed by atoms with Gasteiger partial charge in [0.25, 0.3) is 0 Å². The lowest BCUT2D eigenvalue weighted by molar-refractivity contribution is 0.354. The van der Waals surface area contributed by atoms with Gasteiger partial charge in [0.2, 0.25) is 0 Å². The highest BCUT2D eigenvalue weighted by molar-refractivity contribution is 6.33. The highest BCUT2D eigenvalue weighted by Crippen LogP contribution is 2.37. The van der Waals surface area contributed by atoms with Gasteiger partial charge in [0.1, 0.15) is 0 Å². The summed E-state index contributed by atoms with van der Waals surface area (Å²) in [5, 5.41) is 4.10. The van der Waals surface area contributed by atoms with Crippen molar-refractivity contribution < 1.29 is 9.47 Å². The van der Waals surface area contributed by atoms with Crippen LogP contribution in [-0.4, -0.2) is 20.3 Å². The van der Waals surface area contributed by atoms with Gasteiger partial charge in [-0.25, -0.2) is 0 Å². The molecule has 0 spiro atoms. The summed E-state index contributed by atoms with van der Waals surface area (Å²) in [4.78, 5) is 0. The van der Waals surface area contributed by atoms with Crippen LogP contribution in [0, 0.1) is 5.92 Å². The minimum Gasteiger partial charge on any atom is -0.493 e. The van der Waals surface area contributed by atoms with E-state index in [-0.39, 0.29) is 0 Å². The van der Waals surface area contributed by atoms with Crippen LogP contribution in [0.2, 0.25) is 5.02 Å². The fourth-order valence-corrected chi connectivity index (χ4v) is 2.21. The molecule has 17 heavy (non-hydrogen) atoms. The average Bonchev–Trinajstić information content (AvgIpc) is 3.03. The standard InChI is InChI=1S/C13H18ClNO2/c1-8-6-10(8)15-7-9-4-5-11(16-2)13(17-3)12(9)14/h4-5,8,10,15H,6-7H2,1-3H3. The van der Waals surface area contributed by atoms with Crippen molar-refractivity contribution in [3.05, 3.63) is 22.7 Å². The second kappa shape index (κ2) is 5.15. The van der Waals surface area contributed by atoms with Crippen molar-refractivity contribution in [2.24, 2.45) is 5.92 Å². The van der Waals surface area contributed by atoms with Gasteiger partial charge in [-0.3, -0.25) is 0 Å². The maximum atomic E-state index is 6.29. The lowest BCUT2D eigenvalue weighted by Crippen LogP contribution is -2.17. The van der Waals surface area contributed by atoms with E-state index in [4.69, 9.17) is 21.1 Å². The Morgan fingerprint density at radius 2 is 2.06 bits per heavy atom. The van der Waals surface area contributed by atoms with Gasteiger partial charge in [-0.1, -0.05) is 24.6 Å². The van der Waals surface area contributed by atoms with E-state index in [9.17, 15) is 0 Å². The molecule has 1 aliphatic rings. The molecule has 0 radical (unpaired) electrons. The average molecular weight is 256 g/mol. The third kappa shape index (κ3) is 2.67. The molecule has 2 unspecified atom stereocenters. The first-order valence-electron chi connectivity index (χ1n) is 5.80. The van der Waals surface area contributed by atoms with Crippen molar-refractivity contribution in [3.63, 3.8) is 0 Å². The molecule has 0 saturated heterocycles. The van der Waals surface area contributed by atoms with Gasteiger partial charge in [0.15, 0.2) is 11.5 Å². The molecule has 4 heteroatoms. The van der Waals surface area contributed by atoms with Crippen LogP contribution in [0.25, 0.3) is 0 Å². The number of rotatable bonds is 5. The van der Waals surface area contributed by atoms with E-state index in [0.29, 0.717) is 22.6 Å². The van der Waals surface area contributed by atoms with Crippen molar-refractivity contribution in [1.29, 1.82) is 0 Å². The molecule has 3 nitrogen and oxygen atoms in total. The topological polar surface area (TPSA) is 30.5 Å². The van der Waals surface area contributed by atoms with E-state index in [1.807, 2.05) is 12.1 Å². The molecule has 0 aliphatic heterocycles. The number of benzene rings is 1. The van der Waals surface area contributed by atoms with E-state index in [0.717, 1.165) is 18.0 Å². The Morgan fingerprint density at radius 3 is 2.59 bits per heavy atom. The molecule has 1 aromatic rings. The summed E-state index contributed by atoms with van der Waals surface area (Å²) in [6.07, 6.45) is 1.25. The number of halogens is 1. The lowest BCUT2D eigenvalue weighted by atomic mass is 10.2. The van der Waals surface area contributed by atoms with Crippen LogP contribution in [0.1, 0.15) is 18.9 Å². The van der Waals surface area contributed by atoms with Crippen LogP contribution in [0.4, 0.5) is 0 Å². The Labute approximate surface area is 107 Å². The van der Waals surface area contributed by atoms with Gasteiger partial charge in [0, 0.05) is 12.6 Å². The largest absolute Gasteiger partial charge is 0.493 e. The summed E-state index contributed by atoms with van der Waals surface area (Å²) < 4.78 is 10.5. The monoisotopic (exact) mass is 255 g/mol. The Hall–Kier alpha value is -0.930. The minimum absolute atomic E-state index is 0.609. The van der Waals surface area contributed by atoms with Gasteiger partial charge in [-0.05, 0) is 24.0 Å². The normalized spacial score (nSPS) is 22.4.